The molecule has 0 aliphatic heterocycles. The molecule has 0 heterocycles. The second-order valence-electron chi connectivity index (χ2n) is 4.41. The molecular weight excluding hydrogens is 345 g/mol. The third-order valence-corrected chi connectivity index (χ3v) is 3.78. The van der Waals surface area contributed by atoms with Gasteiger partial charge in [0.05, 0.1) is 30.5 Å². The number of nitrogen functional groups attached to an aromatic ring is 1. The Morgan fingerprint density at radius 3 is 2.08 bits per heavy atom. The molecule has 0 unspecified atom stereocenters. The Kier molecular flexibility index (Phi) is 7.18. The number of hydrogen-bond donors (Lipinski definition) is 1. The summed E-state index contributed by atoms with van der Waals surface area (Å²) in [6.45, 7) is 0. The smallest absolute Gasteiger partial charge is 0.744 e. The van der Waals surface area contributed by atoms with Gasteiger partial charge in [-0.1, -0.05) is 0 Å². The van der Waals surface area contributed by atoms with E-state index in [4.69, 9.17) is 15.2 Å². The van der Waals surface area contributed by atoms with E-state index < -0.39 is 10.1 Å². The van der Waals surface area contributed by atoms with Crippen LogP contribution in [0.25, 0.3) is 0 Å². The summed E-state index contributed by atoms with van der Waals surface area (Å²) < 4.78 is 42.8. The van der Waals surface area contributed by atoms with E-state index >= 15 is 0 Å². The van der Waals surface area contributed by atoms with Crippen LogP contribution >= 0.6 is 0 Å². The standard InChI is InChI=1S/C14H15N3O5S.Na/c1-21-13-8-12(14(22-2)7-11(13)15)17-16-9-3-5-10(6-4-9)23(18,19)20;/h3-8H,15H2,1-2H3,(H,18,19,20);/q;+1/p-1. The minimum atomic E-state index is -4.48. The van der Waals surface area contributed by atoms with E-state index in [0.717, 1.165) is 12.1 Å². The van der Waals surface area contributed by atoms with Gasteiger partial charge in [-0.05, 0) is 24.3 Å². The van der Waals surface area contributed by atoms with Gasteiger partial charge in [0.1, 0.15) is 27.3 Å². The summed E-state index contributed by atoms with van der Waals surface area (Å²) in [6, 6.07) is 8.19. The van der Waals surface area contributed by atoms with Crippen molar-refractivity contribution in [2.24, 2.45) is 10.2 Å². The van der Waals surface area contributed by atoms with Crippen molar-refractivity contribution >= 4 is 27.2 Å². The van der Waals surface area contributed by atoms with Gasteiger partial charge in [0, 0.05) is 12.1 Å². The Balaban J connectivity index is 0.00000288. The largest absolute Gasteiger partial charge is 1.00 e. The Morgan fingerprint density at radius 2 is 1.58 bits per heavy atom. The van der Waals surface area contributed by atoms with Crippen LogP contribution in [0.2, 0.25) is 0 Å². The maximum Gasteiger partial charge on any atom is 1.00 e. The second-order valence-corrected chi connectivity index (χ2v) is 5.79. The van der Waals surface area contributed by atoms with Crippen LogP contribution in [0.15, 0.2) is 51.5 Å². The second kappa shape index (κ2) is 8.45. The number of nitrogens with two attached hydrogens (primary N) is 1. The number of hydrogen-bond acceptors (Lipinski definition) is 8. The first-order valence-electron chi connectivity index (χ1n) is 6.34. The van der Waals surface area contributed by atoms with Crippen LogP contribution in [-0.2, 0) is 10.1 Å². The molecule has 0 aromatic heterocycles. The summed E-state index contributed by atoms with van der Waals surface area (Å²) >= 11 is 0. The maximum atomic E-state index is 10.9. The molecular formula is C14H14N3NaO5S. The zero-order valence-corrected chi connectivity index (χ0v) is 16.2. The van der Waals surface area contributed by atoms with Crippen LogP contribution in [0, 0.1) is 0 Å². The van der Waals surface area contributed by atoms with Crippen LogP contribution in [0.1, 0.15) is 0 Å². The van der Waals surface area contributed by atoms with Crippen LogP contribution < -0.4 is 44.8 Å². The third-order valence-electron chi connectivity index (χ3n) is 2.93. The number of azo groups is 1. The minimum Gasteiger partial charge on any atom is -0.744 e. The molecule has 0 aliphatic carbocycles. The molecule has 8 nitrogen and oxygen atoms in total. The molecule has 0 bridgehead atoms. The Morgan fingerprint density at radius 1 is 1.00 bits per heavy atom. The van der Waals surface area contributed by atoms with Gasteiger partial charge in [0.15, 0.2) is 0 Å². The van der Waals surface area contributed by atoms with Gasteiger partial charge in [-0.25, -0.2) is 8.42 Å². The molecule has 0 radical (unpaired) electrons. The number of nitrogens with zero attached hydrogens (tertiary/aromatic N) is 2. The number of rotatable bonds is 5. The summed E-state index contributed by atoms with van der Waals surface area (Å²) in [5.41, 5.74) is 6.93. The fourth-order valence-electron chi connectivity index (χ4n) is 1.77. The molecule has 10 heteroatoms. The fraction of sp³-hybridized carbons (Fsp3) is 0.143. The maximum absolute atomic E-state index is 10.9. The van der Waals surface area contributed by atoms with E-state index in [-0.39, 0.29) is 34.5 Å². The van der Waals surface area contributed by atoms with Gasteiger partial charge < -0.3 is 19.8 Å². The van der Waals surface area contributed by atoms with Gasteiger partial charge in [-0.3, -0.25) is 0 Å². The quantitative estimate of drug-likeness (QED) is 0.335. The van der Waals surface area contributed by atoms with Gasteiger partial charge in [0.25, 0.3) is 0 Å². The molecule has 0 saturated heterocycles. The zero-order chi connectivity index (χ0) is 17.0. The summed E-state index contributed by atoms with van der Waals surface area (Å²) in [6.07, 6.45) is 0. The summed E-state index contributed by atoms with van der Waals surface area (Å²) in [7, 11) is -1.54. The molecule has 122 valence electrons. The predicted octanol–water partition coefficient (Wildman–Crippen LogP) is -0.390. The fourth-order valence-corrected chi connectivity index (χ4v) is 2.24. The molecule has 24 heavy (non-hydrogen) atoms. The van der Waals surface area contributed by atoms with Gasteiger partial charge >= 0.3 is 29.6 Å². The average molecular weight is 359 g/mol. The number of methoxy groups -OCH3 is 2. The van der Waals surface area contributed by atoms with Crippen molar-refractivity contribution < 1.29 is 52.0 Å². The third kappa shape index (κ3) is 4.92. The van der Waals surface area contributed by atoms with Crippen LogP contribution in [0.3, 0.4) is 0 Å². The summed E-state index contributed by atoms with van der Waals surface area (Å²) in [5.74, 6) is 0.832. The van der Waals surface area contributed by atoms with Crippen molar-refractivity contribution in [3.8, 4) is 11.5 Å². The van der Waals surface area contributed by atoms with Crippen molar-refractivity contribution in [3.63, 3.8) is 0 Å². The van der Waals surface area contributed by atoms with Crippen molar-refractivity contribution in [1.82, 2.24) is 0 Å². The van der Waals surface area contributed by atoms with Crippen LogP contribution in [0.5, 0.6) is 11.5 Å². The first kappa shape index (κ1) is 20.4. The van der Waals surface area contributed by atoms with E-state index in [0.29, 0.717) is 28.6 Å². The van der Waals surface area contributed by atoms with Crippen molar-refractivity contribution in [3.05, 3.63) is 36.4 Å². The molecule has 0 aliphatic rings. The van der Waals surface area contributed by atoms with Gasteiger partial charge in [0.2, 0.25) is 0 Å². The monoisotopic (exact) mass is 359 g/mol. The Bertz CT molecular complexity index is 838. The van der Waals surface area contributed by atoms with Crippen LogP contribution in [0.4, 0.5) is 17.1 Å². The predicted molar refractivity (Wildman–Crippen MR) is 82.5 cm³/mol. The van der Waals surface area contributed by atoms with Crippen molar-refractivity contribution in [2.75, 3.05) is 20.0 Å². The SMILES string of the molecule is COc1cc(N=Nc2ccc(S(=O)(=O)[O-])cc2)c(OC)cc1N.[Na+]. The van der Waals surface area contributed by atoms with Crippen LogP contribution in [-0.4, -0.2) is 27.2 Å². The topological polar surface area (TPSA) is 126 Å². The number of benzene rings is 2. The van der Waals surface area contributed by atoms with E-state index in [1.807, 2.05) is 0 Å². The molecule has 2 aromatic rings. The molecule has 2 rings (SSSR count). The molecule has 0 saturated carbocycles. The van der Waals surface area contributed by atoms with Gasteiger partial charge in [-0.15, -0.1) is 5.11 Å². The Labute approximate surface area is 161 Å². The molecule has 2 aromatic carbocycles. The molecule has 2 N–H and O–H groups in total. The molecule has 0 amide bonds. The van der Waals surface area contributed by atoms with Crippen molar-refractivity contribution in [1.29, 1.82) is 0 Å². The first-order chi connectivity index (χ1) is 10.8. The molecule has 0 spiro atoms. The number of ether oxygens (including phenoxy) is 2. The van der Waals surface area contributed by atoms with E-state index in [1.165, 1.54) is 26.4 Å². The van der Waals surface area contributed by atoms with E-state index in [1.54, 1.807) is 12.1 Å². The number of anilines is 1. The van der Waals surface area contributed by atoms with E-state index in [2.05, 4.69) is 10.2 Å². The Hall–Kier alpha value is -1.65. The summed E-state index contributed by atoms with van der Waals surface area (Å²) in [4.78, 5) is -0.330. The molecule has 0 atom stereocenters. The average Bonchev–Trinajstić information content (AvgIpc) is 2.52. The molecule has 0 fully saturated rings. The van der Waals surface area contributed by atoms with Gasteiger partial charge in [-0.2, -0.15) is 5.11 Å². The van der Waals surface area contributed by atoms with E-state index in [9.17, 15) is 13.0 Å². The summed E-state index contributed by atoms with van der Waals surface area (Å²) in [5, 5.41) is 7.99. The zero-order valence-electron chi connectivity index (χ0n) is 13.4. The minimum absolute atomic E-state index is 0. The first-order valence-corrected chi connectivity index (χ1v) is 7.75. The van der Waals surface area contributed by atoms with Crippen molar-refractivity contribution in [2.45, 2.75) is 4.90 Å². The normalized spacial score (nSPS) is 11.1.